The van der Waals surface area contributed by atoms with E-state index >= 15 is 0 Å². The van der Waals surface area contributed by atoms with Crippen LogP contribution in [0.4, 0.5) is 5.95 Å². The summed E-state index contributed by atoms with van der Waals surface area (Å²) in [6.45, 7) is 7.80. The molecule has 1 aliphatic rings. The van der Waals surface area contributed by atoms with E-state index in [-0.39, 0.29) is 11.9 Å². The molecule has 0 aliphatic carbocycles. The van der Waals surface area contributed by atoms with Crippen LogP contribution in [0.1, 0.15) is 33.1 Å². The van der Waals surface area contributed by atoms with Crippen LogP contribution in [0.15, 0.2) is 30.3 Å². The van der Waals surface area contributed by atoms with E-state index in [0.717, 1.165) is 44.7 Å². The molecule has 1 fully saturated rings. The molecule has 0 spiro atoms. The molecule has 1 aromatic carbocycles. The van der Waals surface area contributed by atoms with Crippen molar-refractivity contribution in [2.24, 2.45) is 5.92 Å². The van der Waals surface area contributed by atoms with Gasteiger partial charge in [0.1, 0.15) is 6.04 Å². The predicted molar refractivity (Wildman–Crippen MR) is 105 cm³/mol. The van der Waals surface area contributed by atoms with Gasteiger partial charge in [-0.1, -0.05) is 37.1 Å². The molecule has 2 aromatic rings. The van der Waals surface area contributed by atoms with Crippen LogP contribution in [-0.2, 0) is 4.79 Å². The summed E-state index contributed by atoms with van der Waals surface area (Å²) in [5.41, 5.74) is 0.858. The quantitative estimate of drug-likeness (QED) is 0.734. The zero-order chi connectivity index (χ0) is 19.1. The summed E-state index contributed by atoms with van der Waals surface area (Å²) in [7, 11) is 0. The van der Waals surface area contributed by atoms with Crippen LogP contribution >= 0.6 is 0 Å². The Morgan fingerprint density at radius 2 is 1.96 bits per heavy atom. The summed E-state index contributed by atoms with van der Waals surface area (Å²) in [5.74, 6) is 1.28. The second kappa shape index (κ2) is 9.45. The van der Waals surface area contributed by atoms with Gasteiger partial charge in [0.2, 0.25) is 11.9 Å². The zero-order valence-corrected chi connectivity index (χ0v) is 16.1. The van der Waals surface area contributed by atoms with Crippen molar-refractivity contribution in [3.8, 4) is 5.69 Å². The van der Waals surface area contributed by atoms with Crippen molar-refractivity contribution in [2.45, 2.75) is 39.2 Å². The molecule has 1 atom stereocenters. The first-order chi connectivity index (χ1) is 13.2. The van der Waals surface area contributed by atoms with Gasteiger partial charge in [-0.3, -0.25) is 4.79 Å². The number of hydrogen-bond donors (Lipinski definition) is 2. The van der Waals surface area contributed by atoms with Gasteiger partial charge >= 0.3 is 0 Å². The van der Waals surface area contributed by atoms with Gasteiger partial charge in [0, 0.05) is 13.1 Å². The fourth-order valence-corrected chi connectivity index (χ4v) is 3.44. The third-order valence-corrected chi connectivity index (χ3v) is 5.09. The summed E-state index contributed by atoms with van der Waals surface area (Å²) < 4.78 is 1.62. The number of para-hydroxylation sites is 1. The van der Waals surface area contributed by atoms with E-state index < -0.39 is 0 Å². The van der Waals surface area contributed by atoms with Gasteiger partial charge in [0.05, 0.1) is 5.69 Å². The molecule has 1 saturated heterocycles. The highest BCUT2D eigenvalue weighted by Crippen LogP contribution is 2.19. The van der Waals surface area contributed by atoms with Gasteiger partial charge in [0.15, 0.2) is 0 Å². The number of nitrogens with one attached hydrogen (secondary N) is 2. The average Bonchev–Trinajstić information content (AvgIpc) is 3.19. The molecule has 2 heterocycles. The van der Waals surface area contributed by atoms with Crippen molar-refractivity contribution in [2.75, 3.05) is 31.5 Å². The number of nitrogens with zero attached hydrogens (tertiary/aromatic N) is 5. The maximum Gasteiger partial charge on any atom is 0.248 e. The minimum absolute atomic E-state index is 0.127. The number of benzene rings is 1. The van der Waals surface area contributed by atoms with Gasteiger partial charge in [-0.15, -0.1) is 0 Å². The molecule has 1 aliphatic heterocycles. The van der Waals surface area contributed by atoms with Gasteiger partial charge < -0.3 is 15.5 Å². The van der Waals surface area contributed by atoms with Crippen molar-refractivity contribution in [1.82, 2.24) is 30.4 Å². The number of carbonyl (C=O) groups is 1. The lowest BCUT2D eigenvalue weighted by Crippen LogP contribution is -2.47. The smallest absolute Gasteiger partial charge is 0.248 e. The third kappa shape index (κ3) is 4.82. The van der Waals surface area contributed by atoms with Gasteiger partial charge in [-0.2, -0.15) is 4.68 Å². The predicted octanol–water partition coefficient (Wildman–Crippen LogP) is 1.70. The molecule has 0 saturated carbocycles. The Hall–Kier alpha value is -2.48. The summed E-state index contributed by atoms with van der Waals surface area (Å²) in [5, 5.41) is 18.5. The normalized spacial score (nSPS) is 16.3. The van der Waals surface area contributed by atoms with Crippen molar-refractivity contribution < 1.29 is 4.79 Å². The maximum atomic E-state index is 13.0. The Morgan fingerprint density at radius 3 is 2.63 bits per heavy atom. The second-order valence-electron chi connectivity index (χ2n) is 6.93. The van der Waals surface area contributed by atoms with Crippen molar-refractivity contribution in [1.29, 1.82) is 0 Å². The fourth-order valence-electron chi connectivity index (χ4n) is 3.44. The molecule has 0 bridgehead atoms. The number of rotatable bonds is 8. The average molecular weight is 371 g/mol. The Balaban J connectivity index is 1.62. The highest BCUT2D eigenvalue weighted by molar-refractivity contribution is 5.84. The topological polar surface area (TPSA) is 88.0 Å². The number of carbonyl (C=O) groups excluding carboxylic acids is 1. The molecule has 8 nitrogen and oxygen atoms in total. The molecule has 1 aromatic heterocycles. The Bertz CT molecular complexity index is 710. The molecule has 8 heteroatoms. The van der Waals surface area contributed by atoms with E-state index in [4.69, 9.17) is 0 Å². The number of piperidine rings is 1. The zero-order valence-electron chi connectivity index (χ0n) is 16.1. The summed E-state index contributed by atoms with van der Waals surface area (Å²) >= 11 is 0. The molecule has 1 amide bonds. The Morgan fingerprint density at radius 1 is 1.22 bits per heavy atom. The first kappa shape index (κ1) is 19.3. The molecule has 0 radical (unpaired) electrons. The SMILES string of the molecule is CCNCC1CCN(C(=O)C(CC)Nc2nnnn2-c2ccccc2)CC1. The minimum atomic E-state index is -0.330. The summed E-state index contributed by atoms with van der Waals surface area (Å²) in [6, 6.07) is 9.34. The van der Waals surface area contributed by atoms with E-state index in [2.05, 4.69) is 33.1 Å². The van der Waals surface area contributed by atoms with E-state index in [1.54, 1.807) is 4.68 Å². The molecule has 27 heavy (non-hydrogen) atoms. The molecule has 1 unspecified atom stereocenters. The first-order valence-corrected chi connectivity index (χ1v) is 9.82. The highest BCUT2D eigenvalue weighted by Gasteiger charge is 2.28. The Labute approximate surface area is 160 Å². The maximum absolute atomic E-state index is 13.0. The van der Waals surface area contributed by atoms with Gasteiger partial charge in [-0.25, -0.2) is 0 Å². The van der Waals surface area contributed by atoms with Crippen LogP contribution < -0.4 is 10.6 Å². The van der Waals surface area contributed by atoms with E-state index in [1.165, 1.54) is 0 Å². The highest BCUT2D eigenvalue weighted by atomic mass is 16.2. The fraction of sp³-hybridized carbons (Fsp3) is 0.579. The van der Waals surface area contributed by atoms with E-state index in [1.807, 2.05) is 42.2 Å². The first-order valence-electron chi connectivity index (χ1n) is 9.82. The number of hydrogen-bond acceptors (Lipinski definition) is 6. The standard InChI is InChI=1S/C19H29N7O/c1-3-17(18(27)25-12-10-15(11-13-25)14-20-4-2)21-19-22-23-24-26(19)16-8-6-5-7-9-16/h5-9,15,17,20H,3-4,10-14H2,1-2H3,(H,21,22,24). The minimum Gasteiger partial charge on any atom is -0.341 e. The number of tetrazole rings is 1. The Kier molecular flexibility index (Phi) is 6.75. The molecule has 146 valence electrons. The summed E-state index contributed by atoms with van der Waals surface area (Å²) in [4.78, 5) is 15.0. The van der Waals surface area contributed by atoms with Crippen molar-refractivity contribution in [3.05, 3.63) is 30.3 Å². The van der Waals surface area contributed by atoms with Gasteiger partial charge in [0.25, 0.3) is 0 Å². The lowest BCUT2D eigenvalue weighted by atomic mass is 9.96. The monoisotopic (exact) mass is 371 g/mol. The van der Waals surface area contributed by atoms with E-state index in [0.29, 0.717) is 18.3 Å². The number of likely N-dealkylation sites (tertiary alicyclic amines) is 1. The molecular weight excluding hydrogens is 342 g/mol. The van der Waals surface area contributed by atoms with Crippen LogP contribution in [0, 0.1) is 5.92 Å². The molecule has 3 rings (SSSR count). The number of aromatic nitrogens is 4. The van der Waals surface area contributed by atoms with Crippen LogP contribution in [0.25, 0.3) is 5.69 Å². The van der Waals surface area contributed by atoms with Crippen molar-refractivity contribution >= 4 is 11.9 Å². The van der Waals surface area contributed by atoms with Crippen LogP contribution in [-0.4, -0.2) is 63.2 Å². The van der Waals surface area contributed by atoms with Crippen LogP contribution in [0.5, 0.6) is 0 Å². The van der Waals surface area contributed by atoms with Crippen molar-refractivity contribution in [3.63, 3.8) is 0 Å². The van der Waals surface area contributed by atoms with E-state index in [9.17, 15) is 4.79 Å². The summed E-state index contributed by atoms with van der Waals surface area (Å²) in [6.07, 6.45) is 2.78. The third-order valence-electron chi connectivity index (χ3n) is 5.09. The number of anilines is 1. The second-order valence-corrected chi connectivity index (χ2v) is 6.93. The van der Waals surface area contributed by atoms with Crippen LogP contribution in [0.2, 0.25) is 0 Å². The lowest BCUT2D eigenvalue weighted by Gasteiger charge is -2.34. The lowest BCUT2D eigenvalue weighted by molar-refractivity contribution is -0.133. The van der Waals surface area contributed by atoms with Gasteiger partial charge in [-0.05, 0) is 60.8 Å². The molecular formula is C19H29N7O. The number of amides is 1. The van der Waals surface area contributed by atoms with Crippen LogP contribution in [0.3, 0.4) is 0 Å². The molecule has 2 N–H and O–H groups in total. The largest absolute Gasteiger partial charge is 0.341 e.